The van der Waals surface area contributed by atoms with Gasteiger partial charge in [-0.2, -0.15) is 0 Å². The van der Waals surface area contributed by atoms with Crippen molar-refractivity contribution in [3.8, 4) is 11.5 Å². The minimum Gasteiger partial charge on any atom is -0.493 e. The van der Waals surface area contributed by atoms with E-state index in [1.807, 2.05) is 0 Å². The molecule has 1 heterocycles. The Hall–Kier alpha value is -0.970. The summed E-state index contributed by atoms with van der Waals surface area (Å²) in [7, 11) is 5.41. The molecule has 0 radical (unpaired) electrons. The summed E-state index contributed by atoms with van der Waals surface area (Å²) in [5.74, 6) is 1.85. The van der Waals surface area contributed by atoms with Gasteiger partial charge in [-0.1, -0.05) is 18.5 Å². The predicted molar refractivity (Wildman–Crippen MR) is 86.5 cm³/mol. The summed E-state index contributed by atoms with van der Waals surface area (Å²) in [6.45, 7) is 3.87. The highest BCUT2D eigenvalue weighted by Gasteiger charge is 2.32. The van der Waals surface area contributed by atoms with Gasteiger partial charge in [0.2, 0.25) is 0 Å². The Labute approximate surface area is 132 Å². The lowest BCUT2D eigenvalue weighted by molar-refractivity contribution is 0.309. The van der Waals surface area contributed by atoms with Crippen LogP contribution in [0, 0.1) is 5.92 Å². The number of ether oxygens (including phenoxy) is 2. The van der Waals surface area contributed by atoms with Crippen LogP contribution in [0.15, 0.2) is 6.07 Å². The molecule has 5 heteroatoms. The number of hydrogen-bond acceptors (Lipinski definition) is 4. The molecule has 2 unspecified atom stereocenters. The number of nitrogens with zero attached hydrogens (tertiary/aromatic N) is 1. The van der Waals surface area contributed by atoms with Crippen LogP contribution < -0.4 is 15.2 Å². The van der Waals surface area contributed by atoms with Crippen molar-refractivity contribution in [2.24, 2.45) is 11.7 Å². The molecule has 0 amide bonds. The second kappa shape index (κ2) is 6.86. The first-order chi connectivity index (χ1) is 10.1. The van der Waals surface area contributed by atoms with E-state index in [4.69, 9.17) is 26.8 Å². The SMILES string of the molecule is CCc1c(C2CC(CN)CN2C)cc(OC)c(OC)c1Cl. The zero-order valence-corrected chi connectivity index (χ0v) is 14.0. The van der Waals surface area contributed by atoms with E-state index in [2.05, 4.69) is 24.9 Å². The molecule has 1 saturated heterocycles. The fourth-order valence-electron chi connectivity index (χ4n) is 3.30. The van der Waals surface area contributed by atoms with E-state index in [1.165, 1.54) is 5.56 Å². The summed E-state index contributed by atoms with van der Waals surface area (Å²) in [4.78, 5) is 2.36. The lowest BCUT2D eigenvalue weighted by Crippen LogP contribution is -2.21. The van der Waals surface area contributed by atoms with Crippen molar-refractivity contribution in [3.05, 3.63) is 22.2 Å². The molecule has 1 fully saturated rings. The molecule has 1 aliphatic heterocycles. The Morgan fingerprint density at radius 2 is 2.10 bits per heavy atom. The molecule has 0 bridgehead atoms. The first kappa shape index (κ1) is 16.4. The average Bonchev–Trinajstić information content (AvgIpc) is 2.87. The molecule has 1 aliphatic rings. The van der Waals surface area contributed by atoms with E-state index in [0.717, 1.165) is 31.5 Å². The van der Waals surface area contributed by atoms with Crippen molar-refractivity contribution in [1.82, 2.24) is 4.90 Å². The van der Waals surface area contributed by atoms with Crippen molar-refractivity contribution < 1.29 is 9.47 Å². The third-order valence-corrected chi connectivity index (χ3v) is 4.83. The summed E-state index contributed by atoms with van der Waals surface area (Å²) in [5, 5.41) is 0.666. The van der Waals surface area contributed by atoms with Crippen molar-refractivity contribution in [3.63, 3.8) is 0 Å². The van der Waals surface area contributed by atoms with E-state index in [9.17, 15) is 0 Å². The van der Waals surface area contributed by atoms with Crippen LogP contribution in [-0.2, 0) is 6.42 Å². The van der Waals surface area contributed by atoms with E-state index in [-0.39, 0.29) is 0 Å². The molecule has 0 spiro atoms. The van der Waals surface area contributed by atoms with Crippen molar-refractivity contribution in [2.75, 3.05) is 34.4 Å². The summed E-state index contributed by atoms with van der Waals surface area (Å²) < 4.78 is 10.9. The largest absolute Gasteiger partial charge is 0.493 e. The van der Waals surface area contributed by atoms with Crippen molar-refractivity contribution >= 4 is 11.6 Å². The Morgan fingerprint density at radius 1 is 1.38 bits per heavy atom. The zero-order chi connectivity index (χ0) is 15.6. The second-order valence-electron chi connectivity index (χ2n) is 5.64. The molecule has 21 heavy (non-hydrogen) atoms. The van der Waals surface area contributed by atoms with E-state index in [1.54, 1.807) is 14.2 Å². The number of likely N-dealkylation sites (tertiary alicyclic amines) is 1. The summed E-state index contributed by atoms with van der Waals surface area (Å²) in [5.41, 5.74) is 8.22. The summed E-state index contributed by atoms with van der Waals surface area (Å²) in [6.07, 6.45) is 1.93. The number of hydrogen-bond donors (Lipinski definition) is 1. The van der Waals surface area contributed by atoms with Gasteiger partial charge in [0.1, 0.15) is 0 Å². The Bertz CT molecular complexity index is 508. The number of benzene rings is 1. The van der Waals surface area contributed by atoms with Crippen molar-refractivity contribution in [2.45, 2.75) is 25.8 Å². The van der Waals surface area contributed by atoms with Gasteiger partial charge in [-0.05, 0) is 49.5 Å². The molecule has 2 atom stereocenters. The average molecular weight is 313 g/mol. The maximum Gasteiger partial charge on any atom is 0.179 e. The summed E-state index contributed by atoms with van der Waals surface area (Å²) in [6, 6.07) is 2.41. The van der Waals surface area contributed by atoms with Crippen LogP contribution in [0.5, 0.6) is 11.5 Å². The maximum absolute atomic E-state index is 6.55. The van der Waals surface area contributed by atoms with Crippen LogP contribution in [0.25, 0.3) is 0 Å². The molecule has 0 saturated carbocycles. The normalized spacial score (nSPS) is 22.6. The minimum absolute atomic E-state index is 0.339. The predicted octanol–water partition coefficient (Wildman–Crippen LogP) is 2.87. The van der Waals surface area contributed by atoms with Crippen LogP contribution >= 0.6 is 11.6 Å². The number of rotatable bonds is 5. The summed E-state index contributed by atoms with van der Waals surface area (Å²) >= 11 is 6.55. The van der Waals surface area contributed by atoms with Gasteiger partial charge in [0.15, 0.2) is 11.5 Å². The van der Waals surface area contributed by atoms with Crippen LogP contribution in [0.1, 0.15) is 30.5 Å². The Balaban J connectivity index is 2.50. The maximum atomic E-state index is 6.55. The zero-order valence-electron chi connectivity index (χ0n) is 13.3. The van der Waals surface area contributed by atoms with Gasteiger partial charge < -0.3 is 15.2 Å². The lowest BCUT2D eigenvalue weighted by Gasteiger charge is -2.25. The fourth-order valence-corrected chi connectivity index (χ4v) is 3.72. The second-order valence-corrected chi connectivity index (χ2v) is 6.02. The third-order valence-electron chi connectivity index (χ3n) is 4.43. The highest BCUT2D eigenvalue weighted by atomic mass is 35.5. The van der Waals surface area contributed by atoms with Gasteiger partial charge in [-0.3, -0.25) is 4.90 Å². The van der Waals surface area contributed by atoms with Gasteiger partial charge in [0, 0.05) is 12.6 Å². The molecule has 2 rings (SSSR count). The van der Waals surface area contributed by atoms with Crippen LogP contribution in [-0.4, -0.2) is 39.3 Å². The quantitative estimate of drug-likeness (QED) is 0.908. The van der Waals surface area contributed by atoms with Crippen LogP contribution in [0.2, 0.25) is 5.02 Å². The molecule has 1 aromatic carbocycles. The van der Waals surface area contributed by atoms with Gasteiger partial charge in [-0.25, -0.2) is 0 Å². The number of halogens is 1. The molecule has 1 aromatic rings. The van der Waals surface area contributed by atoms with Gasteiger partial charge in [0.25, 0.3) is 0 Å². The molecule has 118 valence electrons. The standard InChI is InChI=1S/C16H25ClN2O2/c1-5-11-12(13-6-10(8-18)9-19(13)2)7-14(20-3)16(21-4)15(11)17/h7,10,13H,5-6,8-9,18H2,1-4H3. The van der Waals surface area contributed by atoms with Crippen LogP contribution in [0.4, 0.5) is 0 Å². The van der Waals surface area contributed by atoms with E-state index < -0.39 is 0 Å². The number of nitrogens with two attached hydrogens (primary N) is 1. The molecule has 0 aromatic heterocycles. The molecule has 0 aliphatic carbocycles. The Kier molecular flexibility index (Phi) is 5.36. The smallest absolute Gasteiger partial charge is 0.179 e. The van der Waals surface area contributed by atoms with Gasteiger partial charge >= 0.3 is 0 Å². The monoisotopic (exact) mass is 312 g/mol. The molecule has 2 N–H and O–H groups in total. The van der Waals surface area contributed by atoms with Crippen molar-refractivity contribution in [1.29, 1.82) is 0 Å². The topological polar surface area (TPSA) is 47.7 Å². The van der Waals surface area contributed by atoms with E-state index in [0.29, 0.717) is 28.5 Å². The lowest BCUT2D eigenvalue weighted by atomic mass is 9.93. The first-order valence-electron chi connectivity index (χ1n) is 7.40. The minimum atomic E-state index is 0.339. The van der Waals surface area contributed by atoms with Crippen LogP contribution in [0.3, 0.4) is 0 Å². The van der Waals surface area contributed by atoms with E-state index >= 15 is 0 Å². The van der Waals surface area contributed by atoms with Gasteiger partial charge in [-0.15, -0.1) is 0 Å². The molecule has 4 nitrogen and oxygen atoms in total. The number of methoxy groups -OCH3 is 2. The first-order valence-corrected chi connectivity index (χ1v) is 7.78. The fraction of sp³-hybridized carbons (Fsp3) is 0.625. The highest BCUT2D eigenvalue weighted by molar-refractivity contribution is 6.33. The third kappa shape index (κ3) is 2.98. The van der Waals surface area contributed by atoms with Gasteiger partial charge in [0.05, 0.1) is 19.2 Å². The molecular weight excluding hydrogens is 288 g/mol. The molecular formula is C16H25ClN2O2. The Morgan fingerprint density at radius 3 is 2.57 bits per heavy atom. The highest BCUT2D eigenvalue weighted by Crippen LogP contribution is 2.45.